The van der Waals surface area contributed by atoms with Crippen molar-refractivity contribution in [3.63, 3.8) is 0 Å². The van der Waals surface area contributed by atoms with Crippen LogP contribution in [0.5, 0.6) is 17.2 Å². The van der Waals surface area contributed by atoms with Crippen molar-refractivity contribution in [1.29, 1.82) is 0 Å². The number of ether oxygens (including phenoxy) is 3. The number of halogens is 1. The minimum absolute atomic E-state index is 0.00935. The number of rotatable bonds is 11. The summed E-state index contributed by atoms with van der Waals surface area (Å²) in [4.78, 5) is 6.57. The standard InChI is InChI=1S/C32H35FN4O7S3/c1-42-25-8-5-23(30(16-25)43-2)18-37(32-34-20-35-45-32)47(40,41)26-9-10-27-28(12-14-44-31(27)17-26)36-13-11-21(19-46(38)39)15-29(36)22-3-6-24(33)7-4-22/h3-10,16-17,20-21,28-29,46H,11-15,18-19H2,1-2H3/t21-,28+,29+/m1/s1. The first kappa shape index (κ1) is 33.1. The van der Waals surface area contributed by atoms with Crippen molar-refractivity contribution in [3.05, 3.63) is 89.5 Å². The Morgan fingerprint density at radius 1 is 1.04 bits per heavy atom. The maximum absolute atomic E-state index is 14.3. The minimum atomic E-state index is -4.15. The largest absolute Gasteiger partial charge is 0.497 e. The molecule has 0 bridgehead atoms. The van der Waals surface area contributed by atoms with Crippen LogP contribution >= 0.6 is 11.5 Å². The van der Waals surface area contributed by atoms with Gasteiger partial charge in [0.2, 0.25) is 5.13 Å². The first-order chi connectivity index (χ1) is 22.7. The summed E-state index contributed by atoms with van der Waals surface area (Å²) in [5.41, 5.74) is 2.36. The number of piperidine rings is 1. The van der Waals surface area contributed by atoms with Gasteiger partial charge in [-0.25, -0.2) is 30.5 Å². The number of hydrogen-bond donors (Lipinski definition) is 1. The van der Waals surface area contributed by atoms with Gasteiger partial charge < -0.3 is 14.2 Å². The molecule has 0 amide bonds. The number of benzene rings is 3. The number of sulfonamides is 1. The number of anilines is 1. The summed E-state index contributed by atoms with van der Waals surface area (Å²) in [5.74, 6) is 1.26. The molecule has 0 radical (unpaired) electrons. The van der Waals surface area contributed by atoms with Crippen LogP contribution in [0.2, 0.25) is 0 Å². The van der Waals surface area contributed by atoms with Crippen LogP contribution in [0, 0.1) is 11.7 Å². The van der Waals surface area contributed by atoms with Crippen molar-refractivity contribution in [3.8, 4) is 17.2 Å². The molecule has 1 aromatic heterocycles. The highest BCUT2D eigenvalue weighted by Gasteiger charge is 2.38. The van der Waals surface area contributed by atoms with Crippen LogP contribution in [-0.2, 0) is 27.3 Å². The molecule has 2 aliphatic heterocycles. The fourth-order valence-corrected chi connectivity index (χ4v) is 9.37. The molecule has 0 unspecified atom stereocenters. The van der Waals surface area contributed by atoms with Gasteiger partial charge in [-0.15, -0.1) is 0 Å². The first-order valence-electron chi connectivity index (χ1n) is 15.1. The molecule has 1 fully saturated rings. The van der Waals surface area contributed by atoms with Crippen LogP contribution in [0.25, 0.3) is 0 Å². The molecule has 0 N–H and O–H groups in total. The van der Waals surface area contributed by atoms with E-state index in [-0.39, 0.29) is 46.1 Å². The SMILES string of the molecule is COc1ccc(CN(c2ncns2)S(=O)(=O)c2ccc3c(c2)OCC[C@@H]3N2CC[C@@H](C[SH](=O)=O)C[C@H]2c2ccc(F)cc2)c(OC)c1. The summed E-state index contributed by atoms with van der Waals surface area (Å²) in [6, 6.07) is 16.2. The average Bonchev–Trinajstić information content (AvgIpc) is 3.61. The molecule has 2 aliphatic rings. The lowest BCUT2D eigenvalue weighted by atomic mass is 9.85. The van der Waals surface area contributed by atoms with Gasteiger partial charge in [-0.05, 0) is 61.2 Å². The average molecular weight is 703 g/mol. The van der Waals surface area contributed by atoms with Gasteiger partial charge in [-0.1, -0.05) is 18.2 Å². The summed E-state index contributed by atoms with van der Waals surface area (Å²) >= 11 is 0.964. The first-order valence-corrected chi connectivity index (χ1v) is 18.7. The van der Waals surface area contributed by atoms with Gasteiger partial charge in [0.1, 0.15) is 40.1 Å². The van der Waals surface area contributed by atoms with Crippen molar-refractivity contribution in [2.45, 2.75) is 42.8 Å². The minimum Gasteiger partial charge on any atom is -0.497 e. The second-order valence-corrected chi connectivity index (χ2v) is 15.1. The Labute approximate surface area is 279 Å². The van der Waals surface area contributed by atoms with E-state index in [4.69, 9.17) is 14.2 Å². The molecule has 3 aromatic carbocycles. The number of thiol groups is 1. The highest BCUT2D eigenvalue weighted by Crippen LogP contribution is 2.46. The van der Waals surface area contributed by atoms with E-state index in [1.54, 1.807) is 55.6 Å². The number of fused-ring (bicyclic) bond motifs is 1. The maximum atomic E-state index is 14.3. The van der Waals surface area contributed by atoms with Crippen molar-refractivity contribution in [2.75, 3.05) is 37.4 Å². The van der Waals surface area contributed by atoms with Crippen LogP contribution in [0.15, 0.2) is 71.9 Å². The Morgan fingerprint density at radius 2 is 1.85 bits per heavy atom. The Kier molecular flexibility index (Phi) is 9.96. The second kappa shape index (κ2) is 14.1. The predicted octanol–water partition coefficient (Wildman–Crippen LogP) is 4.98. The topological polar surface area (TPSA) is 128 Å². The molecule has 0 saturated carbocycles. The van der Waals surface area contributed by atoms with Gasteiger partial charge in [0.05, 0.1) is 38.0 Å². The van der Waals surface area contributed by atoms with Gasteiger partial charge in [0.25, 0.3) is 10.0 Å². The highest BCUT2D eigenvalue weighted by molar-refractivity contribution is 7.93. The Balaban J connectivity index is 1.33. The lowest BCUT2D eigenvalue weighted by molar-refractivity contribution is 0.0494. The highest BCUT2D eigenvalue weighted by atomic mass is 32.2. The molecule has 11 nitrogen and oxygen atoms in total. The lowest BCUT2D eigenvalue weighted by Crippen LogP contribution is -2.42. The molecule has 3 atom stereocenters. The summed E-state index contributed by atoms with van der Waals surface area (Å²) in [7, 11) is -3.62. The normalized spacial score (nSPS) is 20.0. The van der Waals surface area contributed by atoms with E-state index in [0.717, 1.165) is 22.7 Å². The Hall–Kier alpha value is -3.79. The molecule has 250 valence electrons. The third kappa shape index (κ3) is 7.08. The summed E-state index contributed by atoms with van der Waals surface area (Å²) < 4.78 is 87.7. The third-order valence-electron chi connectivity index (χ3n) is 8.77. The van der Waals surface area contributed by atoms with Gasteiger partial charge >= 0.3 is 0 Å². The third-order valence-corrected chi connectivity index (χ3v) is 12.1. The molecule has 3 heterocycles. The van der Waals surface area contributed by atoms with E-state index in [0.29, 0.717) is 55.2 Å². The molecule has 47 heavy (non-hydrogen) atoms. The van der Waals surface area contributed by atoms with E-state index >= 15 is 0 Å². The van der Waals surface area contributed by atoms with Crippen LogP contribution in [-0.4, -0.2) is 64.2 Å². The van der Waals surface area contributed by atoms with E-state index < -0.39 is 20.7 Å². The second-order valence-electron chi connectivity index (χ2n) is 11.5. The maximum Gasteiger partial charge on any atom is 0.266 e. The lowest BCUT2D eigenvalue weighted by Gasteiger charge is -2.45. The fourth-order valence-electron chi connectivity index (χ4n) is 6.47. The van der Waals surface area contributed by atoms with Gasteiger partial charge in [-0.3, -0.25) is 4.90 Å². The molecule has 0 spiro atoms. The van der Waals surface area contributed by atoms with Gasteiger partial charge in [0.15, 0.2) is 0 Å². The molecular formula is C32H35FN4O7S3. The number of methoxy groups -OCH3 is 2. The molecule has 4 aromatic rings. The van der Waals surface area contributed by atoms with Crippen LogP contribution in [0.1, 0.15) is 48.0 Å². The van der Waals surface area contributed by atoms with Crippen molar-refractivity contribution < 1.29 is 35.4 Å². The molecule has 15 heteroatoms. The Morgan fingerprint density at radius 3 is 2.55 bits per heavy atom. The predicted molar refractivity (Wildman–Crippen MR) is 176 cm³/mol. The molecule has 1 saturated heterocycles. The zero-order valence-electron chi connectivity index (χ0n) is 25.8. The van der Waals surface area contributed by atoms with E-state index in [1.807, 2.05) is 0 Å². The van der Waals surface area contributed by atoms with Crippen LogP contribution in [0.3, 0.4) is 0 Å². The van der Waals surface area contributed by atoms with Gasteiger partial charge in [-0.2, -0.15) is 4.37 Å². The summed E-state index contributed by atoms with van der Waals surface area (Å²) in [6.45, 7) is 0.940. The zero-order chi connectivity index (χ0) is 33.1. The summed E-state index contributed by atoms with van der Waals surface area (Å²) in [5, 5.41) is 0.198. The van der Waals surface area contributed by atoms with Gasteiger partial charge in [0, 0.05) is 53.3 Å². The molecular weight excluding hydrogens is 668 g/mol. The van der Waals surface area contributed by atoms with E-state index in [1.165, 1.54) is 29.9 Å². The zero-order valence-corrected chi connectivity index (χ0v) is 28.3. The monoisotopic (exact) mass is 702 g/mol. The Bertz CT molecular complexity index is 1880. The number of hydrogen-bond acceptors (Lipinski definition) is 11. The van der Waals surface area contributed by atoms with E-state index in [2.05, 4.69) is 14.3 Å². The summed E-state index contributed by atoms with van der Waals surface area (Å²) in [6.07, 6.45) is 3.28. The molecule has 0 aliphatic carbocycles. The molecule has 6 rings (SSSR count). The van der Waals surface area contributed by atoms with Crippen molar-refractivity contribution in [2.24, 2.45) is 5.92 Å². The number of likely N-dealkylation sites (tertiary alicyclic amines) is 1. The van der Waals surface area contributed by atoms with E-state index in [9.17, 15) is 21.2 Å². The number of nitrogens with zero attached hydrogens (tertiary/aromatic N) is 4. The van der Waals surface area contributed by atoms with Crippen molar-refractivity contribution >= 4 is 37.4 Å². The quantitative estimate of drug-likeness (QED) is 0.214. The van der Waals surface area contributed by atoms with Crippen LogP contribution in [0.4, 0.5) is 9.52 Å². The fraction of sp³-hybridized carbons (Fsp3) is 0.375. The number of aromatic nitrogens is 2. The van der Waals surface area contributed by atoms with Crippen LogP contribution < -0.4 is 18.5 Å². The smallest absolute Gasteiger partial charge is 0.266 e. The van der Waals surface area contributed by atoms with Crippen molar-refractivity contribution in [1.82, 2.24) is 14.3 Å².